The highest BCUT2D eigenvalue weighted by molar-refractivity contribution is 5.78. The molecule has 1 aliphatic rings. The number of aryl methyl sites for hydroxylation is 1. The molecule has 0 spiro atoms. The molecule has 4 heteroatoms. The van der Waals surface area contributed by atoms with Crippen molar-refractivity contribution in [3.8, 4) is 11.1 Å². The van der Waals surface area contributed by atoms with Gasteiger partial charge in [0.05, 0.1) is 6.20 Å². The van der Waals surface area contributed by atoms with Gasteiger partial charge in [-0.1, -0.05) is 56.5 Å². The van der Waals surface area contributed by atoms with Gasteiger partial charge in [-0.2, -0.15) is 9.61 Å². The van der Waals surface area contributed by atoms with Gasteiger partial charge in [0.25, 0.3) is 0 Å². The molecule has 0 atom stereocenters. The summed E-state index contributed by atoms with van der Waals surface area (Å²) in [7, 11) is 0. The lowest BCUT2D eigenvalue weighted by Crippen LogP contribution is -2.18. The Bertz CT molecular complexity index is 816. The molecule has 2 aromatic heterocycles. The maximum absolute atomic E-state index is 4.90. The molecule has 4 rings (SSSR count). The molecule has 0 radical (unpaired) electrons. The van der Waals surface area contributed by atoms with Crippen molar-refractivity contribution in [3.05, 3.63) is 48.3 Å². The number of fused-ring (bicyclic) bond motifs is 1. The molecule has 1 aromatic carbocycles. The predicted molar refractivity (Wildman–Crippen MR) is 98.3 cm³/mol. The topological polar surface area (TPSA) is 42.2 Å². The van der Waals surface area contributed by atoms with Crippen LogP contribution in [-0.4, -0.2) is 20.6 Å². The second kappa shape index (κ2) is 6.63. The van der Waals surface area contributed by atoms with Gasteiger partial charge in [0.15, 0.2) is 5.65 Å². The third-order valence-corrected chi connectivity index (χ3v) is 4.82. The van der Waals surface area contributed by atoms with E-state index in [2.05, 4.69) is 47.7 Å². The van der Waals surface area contributed by atoms with Crippen molar-refractivity contribution in [1.29, 1.82) is 0 Å². The number of anilines is 1. The van der Waals surface area contributed by atoms with Crippen molar-refractivity contribution in [2.75, 3.05) is 5.32 Å². The van der Waals surface area contributed by atoms with Gasteiger partial charge in [-0.25, -0.2) is 4.98 Å². The number of hydrogen-bond acceptors (Lipinski definition) is 3. The normalized spacial score (nSPS) is 15.2. The van der Waals surface area contributed by atoms with Gasteiger partial charge in [0.2, 0.25) is 0 Å². The van der Waals surface area contributed by atoms with E-state index in [-0.39, 0.29) is 0 Å². The fourth-order valence-electron chi connectivity index (χ4n) is 3.60. The van der Waals surface area contributed by atoms with Crippen molar-refractivity contribution in [3.63, 3.8) is 0 Å². The largest absolute Gasteiger partial charge is 0.367 e. The molecule has 24 heavy (non-hydrogen) atoms. The van der Waals surface area contributed by atoms with Crippen LogP contribution in [0.1, 0.15) is 44.7 Å². The lowest BCUT2D eigenvalue weighted by atomic mass is 10.1. The van der Waals surface area contributed by atoms with Gasteiger partial charge in [0, 0.05) is 23.4 Å². The van der Waals surface area contributed by atoms with Gasteiger partial charge >= 0.3 is 0 Å². The molecule has 1 aliphatic carbocycles. The molecule has 0 bridgehead atoms. The Hall–Kier alpha value is -2.36. The molecule has 2 heterocycles. The highest BCUT2D eigenvalue weighted by atomic mass is 15.3. The van der Waals surface area contributed by atoms with Crippen molar-refractivity contribution < 1.29 is 0 Å². The first kappa shape index (κ1) is 15.2. The summed E-state index contributed by atoms with van der Waals surface area (Å²) in [5, 5.41) is 8.34. The molecule has 3 aromatic rings. The van der Waals surface area contributed by atoms with Gasteiger partial charge < -0.3 is 5.32 Å². The van der Waals surface area contributed by atoms with E-state index in [4.69, 9.17) is 4.98 Å². The van der Waals surface area contributed by atoms with E-state index in [0.29, 0.717) is 6.04 Å². The van der Waals surface area contributed by atoms with E-state index in [1.165, 1.54) is 31.2 Å². The average molecular weight is 320 g/mol. The summed E-state index contributed by atoms with van der Waals surface area (Å²) in [6.07, 6.45) is 9.17. The lowest BCUT2D eigenvalue weighted by Gasteiger charge is -2.15. The molecule has 4 nitrogen and oxygen atoms in total. The van der Waals surface area contributed by atoms with Crippen LogP contribution in [0.2, 0.25) is 0 Å². The fourth-order valence-corrected chi connectivity index (χ4v) is 3.60. The smallest absolute Gasteiger partial charge is 0.165 e. The van der Waals surface area contributed by atoms with E-state index in [9.17, 15) is 0 Å². The standard InChI is InChI=1S/C20H24N4/c1-2-8-17-13-19(22-16-11-6-7-12-16)24-20(23-17)18(14-21-24)15-9-4-3-5-10-15/h3-5,9-10,13-14,16,22H,2,6-8,11-12H2,1H3. The molecule has 1 saturated carbocycles. The zero-order valence-electron chi connectivity index (χ0n) is 14.2. The average Bonchev–Trinajstić information content (AvgIpc) is 3.25. The van der Waals surface area contributed by atoms with Crippen LogP contribution in [0.15, 0.2) is 42.6 Å². The minimum absolute atomic E-state index is 0.564. The van der Waals surface area contributed by atoms with Crippen LogP contribution in [-0.2, 0) is 6.42 Å². The fraction of sp³-hybridized carbons (Fsp3) is 0.400. The maximum Gasteiger partial charge on any atom is 0.165 e. The first-order valence-electron chi connectivity index (χ1n) is 9.05. The van der Waals surface area contributed by atoms with Crippen LogP contribution >= 0.6 is 0 Å². The highest BCUT2D eigenvalue weighted by Gasteiger charge is 2.18. The Labute approximate surface area is 142 Å². The molecule has 0 amide bonds. The van der Waals surface area contributed by atoms with Crippen molar-refractivity contribution in [1.82, 2.24) is 14.6 Å². The van der Waals surface area contributed by atoms with E-state index in [1.807, 2.05) is 16.8 Å². The maximum atomic E-state index is 4.90. The van der Waals surface area contributed by atoms with E-state index in [1.54, 1.807) is 0 Å². The Morgan fingerprint density at radius 3 is 2.71 bits per heavy atom. The number of hydrogen-bond donors (Lipinski definition) is 1. The molecular weight excluding hydrogens is 296 g/mol. The zero-order chi connectivity index (χ0) is 16.4. The van der Waals surface area contributed by atoms with Crippen LogP contribution in [0, 0.1) is 0 Å². The Kier molecular flexibility index (Phi) is 4.20. The first-order valence-corrected chi connectivity index (χ1v) is 9.05. The van der Waals surface area contributed by atoms with Crippen molar-refractivity contribution in [2.24, 2.45) is 0 Å². The van der Waals surface area contributed by atoms with Crippen LogP contribution < -0.4 is 5.32 Å². The van der Waals surface area contributed by atoms with E-state index >= 15 is 0 Å². The third kappa shape index (κ3) is 2.88. The van der Waals surface area contributed by atoms with Crippen molar-refractivity contribution in [2.45, 2.75) is 51.5 Å². The Balaban J connectivity index is 1.81. The lowest BCUT2D eigenvalue weighted by molar-refractivity contribution is 0.738. The SMILES string of the molecule is CCCc1cc(NC2CCCC2)n2ncc(-c3ccccc3)c2n1. The summed E-state index contributed by atoms with van der Waals surface area (Å²) in [5.74, 6) is 1.08. The number of nitrogens with zero attached hydrogens (tertiary/aromatic N) is 3. The molecule has 1 fully saturated rings. The molecular formula is C20H24N4. The molecule has 1 N–H and O–H groups in total. The van der Waals surface area contributed by atoms with Gasteiger partial charge in [0.1, 0.15) is 5.82 Å². The van der Waals surface area contributed by atoms with Crippen LogP contribution in [0.25, 0.3) is 16.8 Å². The minimum Gasteiger partial charge on any atom is -0.367 e. The summed E-state index contributed by atoms with van der Waals surface area (Å²) in [5.41, 5.74) is 4.36. The second-order valence-electron chi connectivity index (χ2n) is 6.67. The molecule has 0 unspecified atom stereocenters. The van der Waals surface area contributed by atoms with E-state index in [0.717, 1.165) is 35.6 Å². The Morgan fingerprint density at radius 1 is 1.17 bits per heavy atom. The highest BCUT2D eigenvalue weighted by Crippen LogP contribution is 2.28. The van der Waals surface area contributed by atoms with Gasteiger partial charge in [-0.3, -0.25) is 0 Å². The van der Waals surface area contributed by atoms with Gasteiger partial charge in [-0.15, -0.1) is 0 Å². The van der Waals surface area contributed by atoms with Gasteiger partial charge in [-0.05, 0) is 24.8 Å². The van der Waals surface area contributed by atoms with Crippen molar-refractivity contribution >= 4 is 11.5 Å². The number of nitrogens with one attached hydrogen (secondary N) is 1. The zero-order valence-corrected chi connectivity index (χ0v) is 14.2. The predicted octanol–water partition coefficient (Wildman–Crippen LogP) is 4.70. The monoisotopic (exact) mass is 320 g/mol. The first-order chi connectivity index (χ1) is 11.8. The summed E-state index contributed by atoms with van der Waals surface area (Å²) < 4.78 is 1.97. The van der Waals surface area contributed by atoms with Crippen LogP contribution in [0.3, 0.4) is 0 Å². The third-order valence-electron chi connectivity index (χ3n) is 4.82. The number of benzene rings is 1. The van der Waals surface area contributed by atoms with E-state index < -0.39 is 0 Å². The Morgan fingerprint density at radius 2 is 1.96 bits per heavy atom. The summed E-state index contributed by atoms with van der Waals surface area (Å²) in [4.78, 5) is 4.90. The number of rotatable bonds is 5. The van der Waals surface area contributed by atoms with Crippen LogP contribution in [0.4, 0.5) is 5.82 Å². The summed E-state index contributed by atoms with van der Waals surface area (Å²) >= 11 is 0. The number of aromatic nitrogens is 3. The van der Waals surface area contributed by atoms with Crippen LogP contribution in [0.5, 0.6) is 0 Å². The molecule has 0 aliphatic heterocycles. The molecule has 0 saturated heterocycles. The summed E-state index contributed by atoms with van der Waals surface area (Å²) in [6, 6.07) is 13.1. The quantitative estimate of drug-likeness (QED) is 0.740. The minimum atomic E-state index is 0.564. The molecule has 124 valence electrons. The second-order valence-corrected chi connectivity index (χ2v) is 6.67. The summed E-state index contributed by atoms with van der Waals surface area (Å²) in [6.45, 7) is 2.20.